The molecule has 30 heavy (non-hydrogen) atoms. The summed E-state index contributed by atoms with van der Waals surface area (Å²) in [6.07, 6.45) is 4.57. The lowest BCUT2D eigenvalue weighted by molar-refractivity contribution is 0.319. The summed E-state index contributed by atoms with van der Waals surface area (Å²) in [6.45, 7) is 5.98. The fourth-order valence-corrected chi connectivity index (χ4v) is 3.50. The number of nitrogens with zero attached hydrogens (tertiary/aromatic N) is 3. The van der Waals surface area contributed by atoms with Gasteiger partial charge in [0.05, 0.1) is 11.6 Å². The number of benzene rings is 1. The first-order valence-corrected chi connectivity index (χ1v) is 10.7. The minimum atomic E-state index is 0.521. The van der Waals surface area contributed by atoms with Gasteiger partial charge in [0.1, 0.15) is 0 Å². The number of ether oxygens (including phenoxy) is 2. The van der Waals surface area contributed by atoms with E-state index in [0.717, 1.165) is 29.5 Å². The molecule has 2 N–H and O–H groups in total. The van der Waals surface area contributed by atoms with Crippen LogP contribution in [0.5, 0.6) is 17.4 Å². The highest BCUT2D eigenvalue weighted by molar-refractivity contribution is 7.11. The molecule has 3 aromatic rings. The molecule has 0 saturated carbocycles. The second-order valence-electron chi connectivity index (χ2n) is 6.45. The molecule has 0 aliphatic heterocycles. The molecule has 0 radical (unpaired) electrons. The van der Waals surface area contributed by atoms with Crippen molar-refractivity contribution >= 4 is 17.3 Å². The Bertz CT molecular complexity index is 956. The van der Waals surface area contributed by atoms with Crippen LogP contribution in [0.15, 0.2) is 53.8 Å². The molecule has 1 aromatic carbocycles. The molecule has 2 aromatic heterocycles. The van der Waals surface area contributed by atoms with Crippen LogP contribution in [0.3, 0.4) is 0 Å². The van der Waals surface area contributed by atoms with Crippen LogP contribution in [-0.4, -0.2) is 36.1 Å². The van der Waals surface area contributed by atoms with Gasteiger partial charge in [0.2, 0.25) is 5.88 Å². The van der Waals surface area contributed by atoms with E-state index in [1.807, 2.05) is 49.5 Å². The summed E-state index contributed by atoms with van der Waals surface area (Å²) in [7, 11) is 1.76. The summed E-state index contributed by atoms with van der Waals surface area (Å²) >= 11 is 1.72. The number of para-hydroxylation sites is 2. The lowest BCUT2D eigenvalue weighted by Crippen LogP contribution is -2.37. The Morgan fingerprint density at radius 2 is 1.90 bits per heavy atom. The van der Waals surface area contributed by atoms with Crippen LogP contribution in [0.1, 0.15) is 22.4 Å². The van der Waals surface area contributed by atoms with Crippen molar-refractivity contribution in [1.29, 1.82) is 0 Å². The maximum Gasteiger partial charge on any atom is 0.219 e. The van der Waals surface area contributed by atoms with Crippen molar-refractivity contribution in [3.8, 4) is 17.4 Å². The topological polar surface area (TPSA) is 80.7 Å². The van der Waals surface area contributed by atoms with Crippen LogP contribution in [0, 0.1) is 6.92 Å². The number of thiazole rings is 1. The number of rotatable bonds is 9. The Labute approximate surface area is 181 Å². The zero-order chi connectivity index (χ0) is 21.2. The Kier molecular flexibility index (Phi) is 8.02. The Balaban J connectivity index is 1.47. The normalized spacial score (nSPS) is 11.2. The van der Waals surface area contributed by atoms with E-state index in [-0.39, 0.29) is 0 Å². The quantitative estimate of drug-likeness (QED) is 0.399. The van der Waals surface area contributed by atoms with E-state index >= 15 is 0 Å². The number of hydrogen-bond donors (Lipinski definition) is 2. The highest BCUT2D eigenvalue weighted by Gasteiger charge is 2.06. The van der Waals surface area contributed by atoms with Crippen molar-refractivity contribution < 1.29 is 9.47 Å². The van der Waals surface area contributed by atoms with Crippen LogP contribution in [0.4, 0.5) is 0 Å². The highest BCUT2D eigenvalue weighted by Crippen LogP contribution is 2.30. The lowest BCUT2D eigenvalue weighted by Gasteiger charge is -2.12. The number of aryl methyl sites for hydroxylation is 1. The Morgan fingerprint density at radius 1 is 1.07 bits per heavy atom. The summed E-state index contributed by atoms with van der Waals surface area (Å²) in [5.74, 6) is 2.62. The van der Waals surface area contributed by atoms with E-state index in [1.54, 1.807) is 24.6 Å². The third kappa shape index (κ3) is 6.45. The summed E-state index contributed by atoms with van der Waals surface area (Å²) in [4.78, 5) is 14.3. The van der Waals surface area contributed by atoms with Crippen molar-refractivity contribution in [2.24, 2.45) is 4.99 Å². The number of guanidine groups is 1. The molecular formula is C22H27N5O2S. The van der Waals surface area contributed by atoms with Gasteiger partial charge in [-0.25, -0.2) is 9.97 Å². The van der Waals surface area contributed by atoms with Gasteiger partial charge >= 0.3 is 0 Å². The summed E-state index contributed by atoms with van der Waals surface area (Å²) in [6, 6.07) is 11.4. The number of nitrogens with one attached hydrogen (secondary N) is 2. The van der Waals surface area contributed by atoms with Crippen molar-refractivity contribution in [3.63, 3.8) is 0 Å². The first-order chi connectivity index (χ1) is 14.7. The third-order valence-corrected chi connectivity index (χ3v) is 5.12. The van der Waals surface area contributed by atoms with E-state index in [2.05, 4.69) is 32.5 Å². The fourth-order valence-electron chi connectivity index (χ4n) is 2.71. The van der Waals surface area contributed by atoms with Gasteiger partial charge in [0.15, 0.2) is 17.5 Å². The Morgan fingerprint density at radius 3 is 2.57 bits per heavy atom. The van der Waals surface area contributed by atoms with Gasteiger partial charge in [0.25, 0.3) is 0 Å². The molecule has 2 heterocycles. The second-order valence-corrected chi connectivity index (χ2v) is 7.77. The second kappa shape index (κ2) is 11.2. The van der Waals surface area contributed by atoms with Crippen molar-refractivity contribution in [2.75, 3.05) is 20.2 Å². The summed E-state index contributed by atoms with van der Waals surface area (Å²) in [5.41, 5.74) is 1.03. The molecule has 0 spiro atoms. The van der Waals surface area contributed by atoms with Crippen LogP contribution in [0.25, 0.3) is 0 Å². The molecule has 0 aliphatic carbocycles. The molecular weight excluding hydrogens is 398 g/mol. The average molecular weight is 426 g/mol. The minimum Gasteiger partial charge on any atom is -0.490 e. The number of pyridine rings is 1. The van der Waals surface area contributed by atoms with Crippen LogP contribution in [-0.2, 0) is 13.0 Å². The van der Waals surface area contributed by atoms with Crippen molar-refractivity contribution in [3.05, 3.63) is 64.2 Å². The molecule has 0 unspecified atom stereocenters. The zero-order valence-corrected chi connectivity index (χ0v) is 18.3. The molecule has 3 rings (SSSR count). The molecule has 7 nitrogen and oxygen atoms in total. The van der Waals surface area contributed by atoms with Crippen LogP contribution in [0.2, 0.25) is 0 Å². The number of aromatic nitrogens is 2. The molecule has 0 atom stereocenters. The summed E-state index contributed by atoms with van der Waals surface area (Å²) in [5, 5.41) is 7.73. The first-order valence-electron chi connectivity index (χ1n) is 9.88. The smallest absolute Gasteiger partial charge is 0.219 e. The third-order valence-electron chi connectivity index (χ3n) is 4.15. The van der Waals surface area contributed by atoms with E-state index in [0.29, 0.717) is 30.5 Å². The Hall–Kier alpha value is -3.13. The molecule has 0 aliphatic rings. The molecule has 8 heteroatoms. The first kappa shape index (κ1) is 21.6. The molecule has 0 bridgehead atoms. The van der Waals surface area contributed by atoms with Gasteiger partial charge in [-0.2, -0.15) is 0 Å². The minimum absolute atomic E-state index is 0.521. The van der Waals surface area contributed by atoms with Gasteiger partial charge < -0.3 is 20.1 Å². The number of aliphatic imine (C=N–C) groups is 1. The highest BCUT2D eigenvalue weighted by atomic mass is 32.1. The van der Waals surface area contributed by atoms with Gasteiger partial charge in [-0.15, -0.1) is 11.3 Å². The molecule has 0 fully saturated rings. The largest absolute Gasteiger partial charge is 0.490 e. The zero-order valence-electron chi connectivity index (χ0n) is 17.5. The van der Waals surface area contributed by atoms with Crippen molar-refractivity contribution in [1.82, 2.24) is 20.6 Å². The van der Waals surface area contributed by atoms with Crippen LogP contribution >= 0.6 is 11.3 Å². The predicted molar refractivity (Wildman–Crippen MR) is 121 cm³/mol. The van der Waals surface area contributed by atoms with Crippen LogP contribution < -0.4 is 20.1 Å². The van der Waals surface area contributed by atoms with Gasteiger partial charge in [0, 0.05) is 49.9 Å². The maximum absolute atomic E-state index is 5.86. The van der Waals surface area contributed by atoms with E-state index in [9.17, 15) is 0 Å². The van der Waals surface area contributed by atoms with Gasteiger partial charge in [-0.05, 0) is 31.5 Å². The van der Waals surface area contributed by atoms with E-state index in [1.165, 1.54) is 4.88 Å². The SMILES string of the molecule is CCOc1ccccc1Oc1ccc(CNC(=NC)NCCc2ncc(C)s2)cn1. The monoisotopic (exact) mass is 425 g/mol. The van der Waals surface area contributed by atoms with Gasteiger partial charge in [-0.1, -0.05) is 18.2 Å². The standard InChI is InChI=1S/C22H27N5O2S/c1-4-28-18-7-5-6-8-19(18)29-20-10-9-17(14-25-20)15-27-22(23-3)24-12-11-21-26-13-16(2)30-21/h5-10,13-14H,4,11-12,15H2,1-3H3,(H2,23,24,27). The van der Waals surface area contributed by atoms with Gasteiger partial charge in [-0.3, -0.25) is 4.99 Å². The molecule has 158 valence electrons. The number of hydrogen-bond acceptors (Lipinski definition) is 6. The molecule has 0 saturated heterocycles. The summed E-state index contributed by atoms with van der Waals surface area (Å²) < 4.78 is 11.4. The maximum atomic E-state index is 5.86. The average Bonchev–Trinajstić information content (AvgIpc) is 3.18. The predicted octanol–water partition coefficient (Wildman–Crippen LogP) is 3.95. The van der Waals surface area contributed by atoms with E-state index in [4.69, 9.17) is 9.47 Å². The molecule has 0 amide bonds. The van der Waals surface area contributed by atoms with Crippen molar-refractivity contribution in [2.45, 2.75) is 26.8 Å². The lowest BCUT2D eigenvalue weighted by atomic mass is 10.3. The van der Waals surface area contributed by atoms with E-state index < -0.39 is 0 Å². The fraction of sp³-hybridized carbons (Fsp3) is 0.318.